The van der Waals surface area contributed by atoms with Crippen LogP contribution in [0.5, 0.6) is 0 Å². The molecule has 0 aliphatic heterocycles. The summed E-state index contributed by atoms with van der Waals surface area (Å²) in [6, 6.07) is 10.4. The van der Waals surface area contributed by atoms with Gasteiger partial charge in [0.15, 0.2) is 5.78 Å². The van der Waals surface area contributed by atoms with Gasteiger partial charge in [-0.1, -0.05) is 12.1 Å². The SMILES string of the molecule is NCc1ccc(N)c(C(=O)c2cc(CN)ccc2N)c1. The first-order valence-electron chi connectivity index (χ1n) is 6.28. The van der Waals surface area contributed by atoms with Crippen LogP contribution in [0.15, 0.2) is 36.4 Å². The average Bonchev–Trinajstić information content (AvgIpc) is 2.47. The number of benzene rings is 2. The Morgan fingerprint density at radius 2 is 1.20 bits per heavy atom. The number of hydrogen-bond acceptors (Lipinski definition) is 5. The van der Waals surface area contributed by atoms with Gasteiger partial charge in [0.2, 0.25) is 0 Å². The van der Waals surface area contributed by atoms with E-state index in [0.717, 1.165) is 11.1 Å². The molecule has 0 unspecified atom stereocenters. The lowest BCUT2D eigenvalue weighted by Gasteiger charge is -2.10. The quantitative estimate of drug-likeness (QED) is 0.488. The van der Waals surface area contributed by atoms with E-state index >= 15 is 0 Å². The third kappa shape index (κ3) is 2.64. The zero-order valence-corrected chi connectivity index (χ0v) is 11.1. The molecule has 0 fully saturated rings. The van der Waals surface area contributed by atoms with E-state index in [1.54, 1.807) is 36.4 Å². The van der Waals surface area contributed by atoms with Crippen LogP contribution in [0.1, 0.15) is 27.0 Å². The standard InChI is InChI=1S/C15H18N4O/c16-7-9-1-3-13(18)11(5-9)15(20)12-6-10(8-17)2-4-14(12)19/h1-6H,7-8,16-19H2. The average molecular weight is 270 g/mol. The first kappa shape index (κ1) is 14.0. The van der Waals surface area contributed by atoms with Crippen molar-refractivity contribution < 1.29 is 4.79 Å². The minimum Gasteiger partial charge on any atom is -0.398 e. The molecule has 2 aromatic rings. The van der Waals surface area contributed by atoms with E-state index in [9.17, 15) is 4.79 Å². The molecule has 2 aromatic carbocycles. The van der Waals surface area contributed by atoms with E-state index in [0.29, 0.717) is 35.6 Å². The third-order valence-electron chi connectivity index (χ3n) is 3.20. The highest BCUT2D eigenvalue weighted by Crippen LogP contribution is 2.23. The van der Waals surface area contributed by atoms with Gasteiger partial charge in [0.25, 0.3) is 0 Å². The summed E-state index contributed by atoms with van der Waals surface area (Å²) in [7, 11) is 0. The van der Waals surface area contributed by atoms with Gasteiger partial charge in [-0.25, -0.2) is 0 Å². The molecule has 0 aromatic heterocycles. The Labute approximate surface area is 117 Å². The maximum atomic E-state index is 12.6. The molecule has 0 saturated heterocycles. The molecule has 5 heteroatoms. The number of nitrogen functional groups attached to an aromatic ring is 2. The van der Waals surface area contributed by atoms with E-state index in [1.807, 2.05) is 0 Å². The maximum Gasteiger partial charge on any atom is 0.197 e. The van der Waals surface area contributed by atoms with Crippen molar-refractivity contribution in [3.05, 3.63) is 58.7 Å². The van der Waals surface area contributed by atoms with Crippen molar-refractivity contribution in [2.75, 3.05) is 11.5 Å². The molecule has 20 heavy (non-hydrogen) atoms. The largest absolute Gasteiger partial charge is 0.398 e. The zero-order valence-electron chi connectivity index (χ0n) is 11.1. The number of anilines is 2. The molecule has 0 aliphatic carbocycles. The lowest BCUT2D eigenvalue weighted by atomic mass is 9.97. The van der Waals surface area contributed by atoms with E-state index in [4.69, 9.17) is 22.9 Å². The Hall–Kier alpha value is -2.37. The summed E-state index contributed by atoms with van der Waals surface area (Å²) >= 11 is 0. The van der Waals surface area contributed by atoms with Crippen LogP contribution in [0.4, 0.5) is 11.4 Å². The molecule has 0 aliphatic rings. The van der Waals surface area contributed by atoms with E-state index in [1.165, 1.54) is 0 Å². The lowest BCUT2D eigenvalue weighted by Crippen LogP contribution is -2.11. The van der Waals surface area contributed by atoms with Gasteiger partial charge in [0.1, 0.15) is 0 Å². The van der Waals surface area contributed by atoms with Crippen LogP contribution < -0.4 is 22.9 Å². The van der Waals surface area contributed by atoms with Gasteiger partial charge < -0.3 is 22.9 Å². The van der Waals surface area contributed by atoms with E-state index in [2.05, 4.69) is 0 Å². The van der Waals surface area contributed by atoms with Gasteiger partial charge in [-0.3, -0.25) is 4.79 Å². The smallest absolute Gasteiger partial charge is 0.197 e. The van der Waals surface area contributed by atoms with Crippen LogP contribution in [0.3, 0.4) is 0 Å². The van der Waals surface area contributed by atoms with Crippen LogP contribution >= 0.6 is 0 Å². The number of carbonyl (C=O) groups is 1. The van der Waals surface area contributed by atoms with Crippen molar-refractivity contribution in [2.45, 2.75) is 13.1 Å². The van der Waals surface area contributed by atoms with Gasteiger partial charge >= 0.3 is 0 Å². The fraction of sp³-hybridized carbons (Fsp3) is 0.133. The highest BCUT2D eigenvalue weighted by Gasteiger charge is 2.16. The Bertz CT molecular complexity index is 597. The summed E-state index contributed by atoms with van der Waals surface area (Å²) < 4.78 is 0. The zero-order chi connectivity index (χ0) is 14.7. The molecule has 0 heterocycles. The number of ketones is 1. The minimum atomic E-state index is -0.217. The molecule has 2 rings (SSSR count). The summed E-state index contributed by atoms with van der Waals surface area (Å²) in [6.07, 6.45) is 0. The molecule has 0 saturated carbocycles. The van der Waals surface area contributed by atoms with E-state index < -0.39 is 0 Å². The van der Waals surface area contributed by atoms with E-state index in [-0.39, 0.29) is 5.78 Å². The molecular weight excluding hydrogens is 252 g/mol. The highest BCUT2D eigenvalue weighted by molar-refractivity contribution is 6.14. The summed E-state index contributed by atoms with van der Waals surface area (Å²) in [5.41, 5.74) is 26.3. The fourth-order valence-corrected chi connectivity index (χ4v) is 2.00. The van der Waals surface area contributed by atoms with Crippen LogP contribution in [0.2, 0.25) is 0 Å². The van der Waals surface area contributed by atoms with Gasteiger partial charge in [-0.2, -0.15) is 0 Å². The second-order valence-corrected chi connectivity index (χ2v) is 4.58. The second kappa shape index (κ2) is 5.73. The molecule has 5 nitrogen and oxygen atoms in total. The molecule has 104 valence electrons. The number of rotatable bonds is 4. The van der Waals surface area contributed by atoms with Gasteiger partial charge in [0.05, 0.1) is 0 Å². The third-order valence-corrected chi connectivity index (χ3v) is 3.20. The summed E-state index contributed by atoms with van der Waals surface area (Å²) in [5.74, 6) is -0.217. The molecule has 0 amide bonds. The lowest BCUT2D eigenvalue weighted by molar-refractivity contribution is 0.104. The Kier molecular flexibility index (Phi) is 4.02. The van der Waals surface area contributed by atoms with Crippen molar-refractivity contribution >= 4 is 17.2 Å². The van der Waals surface area contributed by atoms with Crippen molar-refractivity contribution in [2.24, 2.45) is 11.5 Å². The van der Waals surface area contributed by atoms with Crippen LogP contribution in [-0.4, -0.2) is 5.78 Å². The molecule has 0 bridgehead atoms. The topological polar surface area (TPSA) is 121 Å². The normalized spacial score (nSPS) is 10.5. The van der Waals surface area contributed by atoms with Gasteiger partial charge in [-0.15, -0.1) is 0 Å². The molecular formula is C15H18N4O. The maximum absolute atomic E-state index is 12.6. The minimum absolute atomic E-state index is 0.217. The van der Waals surface area contributed by atoms with Crippen molar-refractivity contribution in [3.63, 3.8) is 0 Å². The summed E-state index contributed by atoms with van der Waals surface area (Å²) in [6.45, 7) is 0.692. The first-order valence-corrected chi connectivity index (χ1v) is 6.28. The second-order valence-electron chi connectivity index (χ2n) is 4.58. The highest BCUT2D eigenvalue weighted by atomic mass is 16.1. The van der Waals surface area contributed by atoms with Crippen LogP contribution in [0, 0.1) is 0 Å². The van der Waals surface area contributed by atoms with Gasteiger partial charge in [-0.05, 0) is 35.4 Å². The Morgan fingerprint density at radius 3 is 1.55 bits per heavy atom. The Morgan fingerprint density at radius 1 is 0.800 bits per heavy atom. The molecule has 0 spiro atoms. The molecule has 8 N–H and O–H groups in total. The first-order chi connectivity index (χ1) is 9.56. The van der Waals surface area contributed by atoms with Crippen molar-refractivity contribution in [1.82, 2.24) is 0 Å². The van der Waals surface area contributed by atoms with Crippen molar-refractivity contribution in [3.8, 4) is 0 Å². The predicted octanol–water partition coefficient (Wildman–Crippen LogP) is 0.999. The summed E-state index contributed by atoms with van der Waals surface area (Å²) in [4.78, 5) is 12.6. The van der Waals surface area contributed by atoms with Crippen LogP contribution in [0.25, 0.3) is 0 Å². The monoisotopic (exact) mass is 270 g/mol. The number of nitrogens with two attached hydrogens (primary N) is 4. The Balaban J connectivity index is 2.51. The van der Waals surface area contributed by atoms with Crippen molar-refractivity contribution in [1.29, 1.82) is 0 Å². The van der Waals surface area contributed by atoms with Gasteiger partial charge in [0, 0.05) is 35.6 Å². The molecule has 0 radical (unpaired) electrons. The van der Waals surface area contributed by atoms with Crippen LogP contribution in [-0.2, 0) is 13.1 Å². The summed E-state index contributed by atoms with van der Waals surface area (Å²) in [5, 5.41) is 0. The fourth-order valence-electron chi connectivity index (χ4n) is 2.00. The number of carbonyl (C=O) groups excluding carboxylic acids is 1. The number of hydrogen-bond donors (Lipinski definition) is 4. The molecule has 0 atom stereocenters. The predicted molar refractivity (Wildman–Crippen MR) is 80.9 cm³/mol.